The third kappa shape index (κ3) is 4.87. The summed E-state index contributed by atoms with van der Waals surface area (Å²) in [5.41, 5.74) is 4.52. The fraction of sp³-hybridized carbons (Fsp3) is 0.280. The summed E-state index contributed by atoms with van der Waals surface area (Å²) < 4.78 is 13.4. The Morgan fingerprint density at radius 2 is 1.30 bits per heavy atom. The van der Waals surface area contributed by atoms with E-state index in [0.29, 0.717) is 16.6 Å². The van der Waals surface area contributed by atoms with E-state index in [1.807, 2.05) is 30.3 Å². The summed E-state index contributed by atoms with van der Waals surface area (Å²) in [4.78, 5) is 4.82. The summed E-state index contributed by atoms with van der Waals surface area (Å²) in [5.74, 6) is -0.218. The number of nitrogens with zero attached hydrogens (tertiary/aromatic N) is 2. The second-order valence-electron chi connectivity index (χ2n) is 7.92. The Bertz CT molecular complexity index is 913. The van der Waals surface area contributed by atoms with Gasteiger partial charge in [0.2, 0.25) is 0 Å². The molecule has 0 N–H and O–H groups in total. The zero-order valence-electron chi connectivity index (χ0n) is 17.0. The highest BCUT2D eigenvalue weighted by atomic mass is 35.5. The first-order valence-electron chi connectivity index (χ1n) is 10.2. The van der Waals surface area contributed by atoms with Crippen LogP contribution < -0.4 is 0 Å². The lowest BCUT2D eigenvalue weighted by atomic mass is 10.0. The first-order valence-corrected chi connectivity index (χ1v) is 11.0. The predicted molar refractivity (Wildman–Crippen MR) is 122 cm³/mol. The highest BCUT2D eigenvalue weighted by Crippen LogP contribution is 2.39. The minimum atomic E-state index is -0.218. The zero-order valence-corrected chi connectivity index (χ0v) is 18.5. The van der Waals surface area contributed by atoms with Gasteiger partial charge in [-0.2, -0.15) is 0 Å². The van der Waals surface area contributed by atoms with Gasteiger partial charge >= 0.3 is 0 Å². The molecule has 0 bridgehead atoms. The van der Waals surface area contributed by atoms with Gasteiger partial charge in [0.25, 0.3) is 0 Å². The number of rotatable bonds is 5. The molecule has 1 atom stereocenters. The maximum atomic E-state index is 13.4. The molecule has 0 unspecified atom stereocenters. The van der Waals surface area contributed by atoms with Crippen LogP contribution in [-0.2, 0) is 13.1 Å². The van der Waals surface area contributed by atoms with E-state index in [-0.39, 0.29) is 12.0 Å². The first-order chi connectivity index (χ1) is 14.5. The fourth-order valence-electron chi connectivity index (χ4n) is 4.16. The molecule has 5 heteroatoms. The highest BCUT2D eigenvalue weighted by molar-refractivity contribution is 6.36. The van der Waals surface area contributed by atoms with Crippen LogP contribution in [0.5, 0.6) is 0 Å². The van der Waals surface area contributed by atoms with Gasteiger partial charge in [0.1, 0.15) is 5.82 Å². The van der Waals surface area contributed by atoms with E-state index < -0.39 is 0 Å². The van der Waals surface area contributed by atoms with Crippen LogP contribution in [0.3, 0.4) is 0 Å². The van der Waals surface area contributed by atoms with Crippen molar-refractivity contribution in [1.29, 1.82) is 0 Å². The molecule has 30 heavy (non-hydrogen) atoms. The zero-order chi connectivity index (χ0) is 21.1. The minimum absolute atomic E-state index is 0.0497. The monoisotopic (exact) mass is 442 g/mol. The molecule has 1 heterocycles. The van der Waals surface area contributed by atoms with Gasteiger partial charge in [0.05, 0.1) is 6.17 Å². The summed E-state index contributed by atoms with van der Waals surface area (Å²) in [6.45, 7) is 5.50. The molecule has 1 aliphatic rings. The Morgan fingerprint density at radius 1 is 0.800 bits per heavy atom. The van der Waals surface area contributed by atoms with Crippen molar-refractivity contribution in [3.8, 4) is 0 Å². The van der Waals surface area contributed by atoms with Crippen molar-refractivity contribution in [2.45, 2.75) is 32.6 Å². The van der Waals surface area contributed by atoms with E-state index >= 15 is 0 Å². The minimum Gasteiger partial charge on any atom is -0.280 e. The van der Waals surface area contributed by atoms with Crippen LogP contribution in [0.2, 0.25) is 10.0 Å². The second kappa shape index (κ2) is 9.49. The van der Waals surface area contributed by atoms with Gasteiger partial charge in [-0.3, -0.25) is 9.80 Å². The average molecular weight is 443 g/mol. The van der Waals surface area contributed by atoms with E-state index in [9.17, 15) is 4.39 Å². The second-order valence-corrected chi connectivity index (χ2v) is 8.73. The highest BCUT2D eigenvalue weighted by Gasteiger charge is 2.33. The summed E-state index contributed by atoms with van der Waals surface area (Å²) in [5, 5.41) is 1.35. The molecular weight excluding hydrogens is 418 g/mol. The van der Waals surface area contributed by atoms with Crippen molar-refractivity contribution in [3.63, 3.8) is 0 Å². The van der Waals surface area contributed by atoms with E-state index in [1.54, 1.807) is 0 Å². The molecule has 4 rings (SSSR count). The van der Waals surface area contributed by atoms with Crippen LogP contribution >= 0.6 is 23.2 Å². The van der Waals surface area contributed by atoms with Crippen LogP contribution in [-0.4, -0.2) is 22.9 Å². The van der Waals surface area contributed by atoms with Crippen LogP contribution in [0.1, 0.15) is 34.8 Å². The number of hydrogen-bond donors (Lipinski definition) is 0. The average Bonchev–Trinajstić information content (AvgIpc) is 2.73. The molecule has 156 valence electrons. The summed E-state index contributed by atoms with van der Waals surface area (Å²) in [6.07, 6.45) is 0.998. The largest absolute Gasteiger partial charge is 0.280 e. The van der Waals surface area contributed by atoms with Crippen LogP contribution in [0.25, 0.3) is 0 Å². The van der Waals surface area contributed by atoms with Crippen LogP contribution in [0, 0.1) is 12.7 Å². The quantitative estimate of drug-likeness (QED) is 0.426. The van der Waals surface area contributed by atoms with Crippen LogP contribution in [0.4, 0.5) is 4.39 Å². The third-order valence-electron chi connectivity index (χ3n) is 5.65. The Morgan fingerprint density at radius 3 is 1.83 bits per heavy atom. The van der Waals surface area contributed by atoms with E-state index in [2.05, 4.69) is 41.0 Å². The SMILES string of the molecule is Cc1ccc(CN2CCCN(Cc3ccc(F)cc3)[C@@H]2c2c(Cl)cccc2Cl)cc1. The lowest BCUT2D eigenvalue weighted by Gasteiger charge is -2.45. The molecule has 1 saturated heterocycles. The molecule has 0 aliphatic carbocycles. The van der Waals surface area contributed by atoms with Gasteiger partial charge < -0.3 is 0 Å². The number of hydrogen-bond acceptors (Lipinski definition) is 2. The molecule has 2 nitrogen and oxygen atoms in total. The van der Waals surface area contributed by atoms with Gasteiger partial charge in [-0.05, 0) is 48.7 Å². The summed E-state index contributed by atoms with van der Waals surface area (Å²) >= 11 is 13.3. The molecule has 1 fully saturated rings. The van der Waals surface area contributed by atoms with Crippen molar-refractivity contribution in [2.24, 2.45) is 0 Å². The number of aryl methyl sites for hydroxylation is 1. The summed E-state index contributed by atoms with van der Waals surface area (Å²) in [6, 6.07) is 21.1. The lowest BCUT2D eigenvalue weighted by molar-refractivity contribution is -0.00898. The topological polar surface area (TPSA) is 6.48 Å². The van der Waals surface area contributed by atoms with E-state index in [4.69, 9.17) is 23.2 Å². The van der Waals surface area contributed by atoms with Gasteiger partial charge in [-0.1, -0.05) is 71.2 Å². The van der Waals surface area contributed by atoms with Gasteiger partial charge in [-0.15, -0.1) is 0 Å². The molecule has 1 aliphatic heterocycles. The molecule has 3 aromatic rings. The Kier molecular flexibility index (Phi) is 6.74. The maximum absolute atomic E-state index is 13.4. The Labute approximate surface area is 187 Å². The van der Waals surface area contributed by atoms with Gasteiger partial charge in [0.15, 0.2) is 0 Å². The normalized spacial score (nSPS) is 17.9. The van der Waals surface area contributed by atoms with Crippen molar-refractivity contribution in [3.05, 3.63) is 105 Å². The van der Waals surface area contributed by atoms with E-state index in [1.165, 1.54) is 23.3 Å². The molecule has 0 spiro atoms. The Balaban J connectivity index is 1.69. The molecule has 0 amide bonds. The lowest BCUT2D eigenvalue weighted by Crippen LogP contribution is -2.47. The van der Waals surface area contributed by atoms with Gasteiger partial charge in [0, 0.05) is 41.8 Å². The van der Waals surface area contributed by atoms with Gasteiger partial charge in [-0.25, -0.2) is 4.39 Å². The first kappa shape index (κ1) is 21.3. The fourth-order valence-corrected chi connectivity index (χ4v) is 4.75. The van der Waals surface area contributed by atoms with E-state index in [0.717, 1.165) is 37.2 Å². The van der Waals surface area contributed by atoms with Crippen molar-refractivity contribution in [1.82, 2.24) is 9.80 Å². The standard InChI is InChI=1S/C25H25Cl2FN2/c1-18-6-8-19(9-7-18)16-29-14-3-15-30(17-20-10-12-21(28)13-11-20)25(29)24-22(26)4-2-5-23(24)27/h2,4-13,25H,3,14-17H2,1H3/t25-/m1/s1. The Hall–Kier alpha value is -1.91. The molecule has 3 aromatic carbocycles. The number of halogens is 3. The predicted octanol–water partition coefficient (Wildman–Crippen LogP) is 6.85. The van der Waals surface area contributed by atoms with Crippen molar-refractivity contribution < 1.29 is 4.39 Å². The molecule has 0 saturated carbocycles. The maximum Gasteiger partial charge on any atom is 0.123 e. The number of benzene rings is 3. The van der Waals surface area contributed by atoms with Crippen molar-refractivity contribution in [2.75, 3.05) is 13.1 Å². The van der Waals surface area contributed by atoms with Crippen LogP contribution in [0.15, 0.2) is 66.7 Å². The summed E-state index contributed by atoms with van der Waals surface area (Å²) in [7, 11) is 0. The smallest absolute Gasteiger partial charge is 0.123 e. The molecule has 0 aromatic heterocycles. The molecule has 0 radical (unpaired) electrons. The molecular formula is C25H25Cl2FN2. The third-order valence-corrected chi connectivity index (χ3v) is 6.30. The van der Waals surface area contributed by atoms with Crippen molar-refractivity contribution >= 4 is 23.2 Å².